The van der Waals surface area contributed by atoms with E-state index in [9.17, 15) is 4.79 Å². The van der Waals surface area contributed by atoms with Crippen LogP contribution in [-0.2, 0) is 0 Å². The van der Waals surface area contributed by atoms with E-state index in [1.54, 1.807) is 0 Å². The molecule has 1 aromatic carbocycles. The second-order valence-electron chi connectivity index (χ2n) is 5.75. The monoisotopic (exact) mass is 290 g/mol. The third-order valence-corrected chi connectivity index (χ3v) is 4.02. The molecule has 4 heteroatoms. The van der Waals surface area contributed by atoms with Crippen LogP contribution in [0, 0.1) is 0 Å². The Bertz CT molecular complexity index is 445. The Hall–Kier alpha value is -1.55. The molecule has 2 atom stereocenters. The highest BCUT2D eigenvalue weighted by Gasteiger charge is 2.23. The number of nitrogens with one attached hydrogen (secondary N) is 1. The molecule has 4 nitrogen and oxygen atoms in total. The van der Waals surface area contributed by atoms with Crippen LogP contribution in [0.1, 0.15) is 55.8 Å². The van der Waals surface area contributed by atoms with Crippen LogP contribution in [-0.4, -0.2) is 24.6 Å². The van der Waals surface area contributed by atoms with Gasteiger partial charge in [-0.05, 0) is 43.5 Å². The molecule has 1 amide bonds. The van der Waals surface area contributed by atoms with E-state index >= 15 is 0 Å². The maximum absolute atomic E-state index is 12.2. The lowest BCUT2D eigenvalue weighted by Gasteiger charge is -2.29. The fraction of sp³-hybridized carbons (Fsp3) is 0.588. The van der Waals surface area contributed by atoms with Gasteiger partial charge in [0.25, 0.3) is 5.91 Å². The van der Waals surface area contributed by atoms with Crippen LogP contribution in [0.4, 0.5) is 0 Å². The Balaban J connectivity index is 1.87. The number of carbonyl (C=O) groups is 1. The summed E-state index contributed by atoms with van der Waals surface area (Å²) < 4.78 is 5.60. The first-order valence-corrected chi connectivity index (χ1v) is 8.00. The summed E-state index contributed by atoms with van der Waals surface area (Å²) in [6, 6.07) is 7.51. The molecule has 0 aromatic heterocycles. The molecular formula is C17H26N2O2. The minimum absolute atomic E-state index is 0.0440. The van der Waals surface area contributed by atoms with E-state index < -0.39 is 0 Å². The van der Waals surface area contributed by atoms with Crippen molar-refractivity contribution in [1.29, 1.82) is 0 Å². The lowest BCUT2D eigenvalue weighted by atomic mass is 9.91. The number of hydrogen-bond acceptors (Lipinski definition) is 3. The van der Waals surface area contributed by atoms with Crippen LogP contribution >= 0.6 is 0 Å². The molecule has 3 N–H and O–H groups in total. The van der Waals surface area contributed by atoms with Crippen molar-refractivity contribution in [3.8, 4) is 5.75 Å². The molecule has 1 aliphatic rings. The van der Waals surface area contributed by atoms with Crippen LogP contribution < -0.4 is 15.8 Å². The molecule has 0 bridgehead atoms. The Morgan fingerprint density at radius 1 is 1.29 bits per heavy atom. The number of ether oxygens (including phenoxy) is 1. The molecule has 0 radical (unpaired) electrons. The summed E-state index contributed by atoms with van der Waals surface area (Å²) in [5.41, 5.74) is 6.73. The van der Waals surface area contributed by atoms with Crippen LogP contribution in [0.25, 0.3) is 0 Å². The van der Waals surface area contributed by atoms with Crippen LogP contribution in [0.5, 0.6) is 5.75 Å². The number of benzene rings is 1. The van der Waals surface area contributed by atoms with E-state index in [2.05, 4.69) is 12.2 Å². The van der Waals surface area contributed by atoms with Crippen LogP contribution in [0.15, 0.2) is 24.3 Å². The van der Waals surface area contributed by atoms with Gasteiger partial charge >= 0.3 is 0 Å². The minimum atomic E-state index is -0.0440. The molecule has 0 unspecified atom stereocenters. The van der Waals surface area contributed by atoms with Crippen LogP contribution in [0.3, 0.4) is 0 Å². The number of carbonyl (C=O) groups excluding carboxylic acids is 1. The van der Waals surface area contributed by atoms with Gasteiger partial charge in [-0.15, -0.1) is 0 Å². The first-order valence-electron chi connectivity index (χ1n) is 8.00. The Kier molecular flexibility index (Phi) is 6.05. The molecule has 2 rings (SSSR count). The molecule has 1 saturated carbocycles. The molecule has 21 heavy (non-hydrogen) atoms. The maximum atomic E-state index is 12.2. The minimum Gasteiger partial charge on any atom is -0.494 e. The lowest BCUT2D eigenvalue weighted by Crippen LogP contribution is -2.49. The Labute approximate surface area is 127 Å². The third-order valence-electron chi connectivity index (χ3n) is 4.02. The zero-order chi connectivity index (χ0) is 15.1. The van der Waals surface area contributed by atoms with Gasteiger partial charge in [-0.1, -0.05) is 26.2 Å². The number of rotatable bonds is 6. The zero-order valence-electron chi connectivity index (χ0n) is 12.8. The van der Waals surface area contributed by atoms with Gasteiger partial charge in [0.15, 0.2) is 0 Å². The van der Waals surface area contributed by atoms with Gasteiger partial charge in [-0.2, -0.15) is 0 Å². The molecule has 0 spiro atoms. The average Bonchev–Trinajstić information content (AvgIpc) is 2.50. The van der Waals surface area contributed by atoms with Crippen molar-refractivity contribution in [2.75, 3.05) is 6.61 Å². The Morgan fingerprint density at radius 2 is 2.00 bits per heavy atom. The fourth-order valence-corrected chi connectivity index (χ4v) is 2.63. The van der Waals surface area contributed by atoms with E-state index in [4.69, 9.17) is 10.5 Å². The standard InChI is InChI=1S/C17H26N2O2/c1-2-3-12-21-14-10-8-13(9-11-14)17(20)19-16-7-5-4-6-15(16)18/h8-11,15-16H,2-7,12,18H2,1H3,(H,19,20)/t15-,16-/m0/s1. The van der Waals surface area contributed by atoms with E-state index in [0.717, 1.165) is 50.9 Å². The first kappa shape index (κ1) is 15.8. The van der Waals surface area contributed by atoms with Crippen molar-refractivity contribution in [3.05, 3.63) is 29.8 Å². The number of nitrogens with two attached hydrogens (primary N) is 1. The summed E-state index contributed by atoms with van der Waals surface area (Å²) >= 11 is 0. The van der Waals surface area contributed by atoms with E-state index in [1.165, 1.54) is 0 Å². The highest BCUT2D eigenvalue weighted by Crippen LogP contribution is 2.18. The molecule has 1 aliphatic carbocycles. The zero-order valence-corrected chi connectivity index (χ0v) is 12.8. The summed E-state index contributed by atoms with van der Waals surface area (Å²) in [5.74, 6) is 0.770. The molecule has 0 heterocycles. The third kappa shape index (κ3) is 4.74. The van der Waals surface area contributed by atoms with Gasteiger partial charge in [0, 0.05) is 17.6 Å². The van der Waals surface area contributed by atoms with Gasteiger partial charge in [0.2, 0.25) is 0 Å². The fourth-order valence-electron chi connectivity index (χ4n) is 2.63. The second kappa shape index (κ2) is 8.03. The normalized spacial score (nSPS) is 21.8. The van der Waals surface area contributed by atoms with Gasteiger partial charge < -0.3 is 15.8 Å². The van der Waals surface area contributed by atoms with Gasteiger partial charge in [-0.25, -0.2) is 0 Å². The molecule has 1 aromatic rings. The highest BCUT2D eigenvalue weighted by atomic mass is 16.5. The first-order chi connectivity index (χ1) is 10.2. The molecule has 1 fully saturated rings. The summed E-state index contributed by atoms with van der Waals surface area (Å²) in [7, 11) is 0. The second-order valence-corrected chi connectivity index (χ2v) is 5.75. The van der Waals surface area contributed by atoms with Crippen molar-refractivity contribution in [1.82, 2.24) is 5.32 Å². The van der Waals surface area contributed by atoms with Crippen molar-refractivity contribution >= 4 is 5.91 Å². The highest BCUT2D eigenvalue weighted by molar-refractivity contribution is 5.94. The topological polar surface area (TPSA) is 64.3 Å². The summed E-state index contributed by atoms with van der Waals surface area (Å²) in [4.78, 5) is 12.2. The van der Waals surface area contributed by atoms with Crippen molar-refractivity contribution in [2.24, 2.45) is 5.73 Å². The van der Waals surface area contributed by atoms with E-state index in [-0.39, 0.29) is 18.0 Å². The predicted molar refractivity (Wildman–Crippen MR) is 84.5 cm³/mol. The molecule has 0 saturated heterocycles. The molecule has 116 valence electrons. The summed E-state index contributed by atoms with van der Waals surface area (Å²) in [5, 5.41) is 3.05. The summed E-state index contributed by atoms with van der Waals surface area (Å²) in [6.45, 7) is 2.85. The van der Waals surface area contributed by atoms with Crippen molar-refractivity contribution in [3.63, 3.8) is 0 Å². The van der Waals surface area contributed by atoms with E-state index in [0.29, 0.717) is 5.56 Å². The van der Waals surface area contributed by atoms with E-state index in [1.807, 2.05) is 24.3 Å². The number of amides is 1. The van der Waals surface area contributed by atoms with Crippen LogP contribution in [0.2, 0.25) is 0 Å². The lowest BCUT2D eigenvalue weighted by molar-refractivity contribution is 0.0921. The molecule has 0 aliphatic heterocycles. The maximum Gasteiger partial charge on any atom is 0.251 e. The Morgan fingerprint density at radius 3 is 2.67 bits per heavy atom. The largest absolute Gasteiger partial charge is 0.494 e. The molecular weight excluding hydrogens is 264 g/mol. The van der Waals surface area contributed by atoms with Crippen molar-refractivity contribution in [2.45, 2.75) is 57.5 Å². The number of hydrogen-bond donors (Lipinski definition) is 2. The number of unbranched alkanes of at least 4 members (excludes halogenated alkanes) is 1. The summed E-state index contributed by atoms with van der Waals surface area (Å²) in [6.07, 6.45) is 6.43. The SMILES string of the molecule is CCCCOc1ccc(C(=O)N[C@H]2CCCC[C@@H]2N)cc1. The quantitative estimate of drug-likeness (QED) is 0.792. The van der Waals surface area contributed by atoms with Gasteiger partial charge in [0.05, 0.1) is 6.61 Å². The average molecular weight is 290 g/mol. The van der Waals surface area contributed by atoms with Gasteiger partial charge in [-0.3, -0.25) is 4.79 Å². The van der Waals surface area contributed by atoms with Gasteiger partial charge in [0.1, 0.15) is 5.75 Å². The smallest absolute Gasteiger partial charge is 0.251 e. The predicted octanol–water partition coefficient (Wildman–Crippen LogP) is 2.87. The van der Waals surface area contributed by atoms with Crippen molar-refractivity contribution < 1.29 is 9.53 Å².